The molecular formula is C10H15N3O2S. The van der Waals surface area contributed by atoms with Crippen LogP contribution in [0.15, 0.2) is 6.20 Å². The van der Waals surface area contributed by atoms with Crippen molar-refractivity contribution < 1.29 is 9.90 Å². The molecule has 1 aliphatic carbocycles. The van der Waals surface area contributed by atoms with E-state index in [1.807, 2.05) is 0 Å². The summed E-state index contributed by atoms with van der Waals surface area (Å²) in [7, 11) is 0. The van der Waals surface area contributed by atoms with Crippen LogP contribution < -0.4 is 5.32 Å². The third kappa shape index (κ3) is 2.76. The van der Waals surface area contributed by atoms with E-state index in [-0.39, 0.29) is 18.6 Å². The average molecular weight is 241 g/mol. The standard InChI is InChI=1S/C10H15N3O2S/c14-6-7-1-3-8(4-2-7)12-10(15)9-5-11-16-13-9/h5,7-8,14H,1-4,6H2,(H,12,15). The van der Waals surface area contributed by atoms with Crippen LogP contribution in [0.1, 0.15) is 36.2 Å². The zero-order valence-corrected chi connectivity index (χ0v) is 9.74. The second-order valence-corrected chi connectivity index (χ2v) is 4.72. The molecule has 2 N–H and O–H groups in total. The van der Waals surface area contributed by atoms with Gasteiger partial charge in [0.15, 0.2) is 5.69 Å². The van der Waals surface area contributed by atoms with Crippen molar-refractivity contribution in [3.63, 3.8) is 0 Å². The number of nitrogens with one attached hydrogen (secondary N) is 1. The van der Waals surface area contributed by atoms with Crippen molar-refractivity contribution in [3.8, 4) is 0 Å². The monoisotopic (exact) mass is 241 g/mol. The van der Waals surface area contributed by atoms with Crippen LogP contribution in [0, 0.1) is 5.92 Å². The molecule has 1 amide bonds. The van der Waals surface area contributed by atoms with Gasteiger partial charge in [-0.3, -0.25) is 4.79 Å². The summed E-state index contributed by atoms with van der Waals surface area (Å²) < 4.78 is 7.69. The zero-order valence-electron chi connectivity index (χ0n) is 8.93. The minimum Gasteiger partial charge on any atom is -0.396 e. The molecule has 88 valence electrons. The molecule has 0 aromatic carbocycles. The van der Waals surface area contributed by atoms with Crippen LogP contribution in [-0.4, -0.2) is 32.4 Å². The van der Waals surface area contributed by atoms with Crippen LogP contribution in [-0.2, 0) is 0 Å². The molecule has 0 radical (unpaired) electrons. The van der Waals surface area contributed by atoms with Crippen molar-refractivity contribution in [1.82, 2.24) is 14.1 Å². The van der Waals surface area contributed by atoms with Gasteiger partial charge in [0, 0.05) is 12.6 Å². The first-order valence-corrected chi connectivity index (χ1v) is 6.22. The van der Waals surface area contributed by atoms with Gasteiger partial charge in [0.25, 0.3) is 5.91 Å². The van der Waals surface area contributed by atoms with Crippen LogP contribution in [0.3, 0.4) is 0 Å². The lowest BCUT2D eigenvalue weighted by molar-refractivity contribution is 0.0910. The third-order valence-electron chi connectivity index (χ3n) is 3.03. The number of carbonyl (C=O) groups excluding carboxylic acids is 1. The fourth-order valence-electron chi connectivity index (χ4n) is 2.01. The second kappa shape index (κ2) is 5.36. The van der Waals surface area contributed by atoms with E-state index in [1.165, 1.54) is 6.20 Å². The Bertz CT molecular complexity index is 334. The Labute approximate surface area is 98.2 Å². The van der Waals surface area contributed by atoms with Gasteiger partial charge in [-0.15, -0.1) is 0 Å². The van der Waals surface area contributed by atoms with Crippen LogP contribution in [0.5, 0.6) is 0 Å². The summed E-state index contributed by atoms with van der Waals surface area (Å²) in [6.45, 7) is 0.261. The molecule has 1 aromatic heterocycles. The fraction of sp³-hybridized carbons (Fsp3) is 0.700. The molecule has 0 aliphatic heterocycles. The normalized spacial score (nSPS) is 25.3. The molecule has 1 aliphatic rings. The fourth-order valence-corrected chi connectivity index (χ4v) is 2.43. The zero-order chi connectivity index (χ0) is 11.4. The number of amides is 1. The molecule has 1 saturated carbocycles. The van der Waals surface area contributed by atoms with Gasteiger partial charge in [-0.25, -0.2) is 0 Å². The van der Waals surface area contributed by atoms with Crippen molar-refractivity contribution in [3.05, 3.63) is 11.9 Å². The summed E-state index contributed by atoms with van der Waals surface area (Å²) >= 11 is 1.04. The molecule has 1 fully saturated rings. The van der Waals surface area contributed by atoms with Crippen molar-refractivity contribution >= 4 is 17.6 Å². The van der Waals surface area contributed by atoms with Crippen molar-refractivity contribution in [2.75, 3.05) is 6.61 Å². The summed E-state index contributed by atoms with van der Waals surface area (Å²) in [5.74, 6) is 0.273. The quantitative estimate of drug-likeness (QED) is 0.821. The summed E-state index contributed by atoms with van der Waals surface area (Å²) in [6, 6.07) is 0.219. The Morgan fingerprint density at radius 1 is 1.50 bits per heavy atom. The lowest BCUT2D eigenvalue weighted by Crippen LogP contribution is -2.38. The SMILES string of the molecule is O=C(NC1CCC(CO)CC1)c1cnsn1. The van der Waals surface area contributed by atoms with Gasteiger partial charge >= 0.3 is 0 Å². The van der Waals surface area contributed by atoms with Gasteiger partial charge in [-0.2, -0.15) is 8.75 Å². The number of aliphatic hydroxyl groups excluding tert-OH is 1. The molecule has 0 saturated heterocycles. The number of aliphatic hydroxyl groups is 1. The van der Waals surface area contributed by atoms with E-state index in [0.29, 0.717) is 11.6 Å². The van der Waals surface area contributed by atoms with E-state index in [1.54, 1.807) is 0 Å². The minimum atomic E-state index is -0.138. The predicted molar refractivity (Wildman–Crippen MR) is 60.2 cm³/mol. The lowest BCUT2D eigenvalue weighted by atomic mass is 9.86. The second-order valence-electron chi connectivity index (χ2n) is 4.17. The van der Waals surface area contributed by atoms with E-state index >= 15 is 0 Å². The van der Waals surface area contributed by atoms with Crippen LogP contribution >= 0.6 is 11.7 Å². The largest absolute Gasteiger partial charge is 0.396 e. The van der Waals surface area contributed by atoms with Crippen molar-refractivity contribution in [2.24, 2.45) is 5.92 Å². The van der Waals surface area contributed by atoms with E-state index in [0.717, 1.165) is 37.4 Å². The first-order valence-electron chi connectivity index (χ1n) is 5.49. The first kappa shape index (κ1) is 11.5. The molecule has 6 heteroatoms. The highest BCUT2D eigenvalue weighted by atomic mass is 32.1. The minimum absolute atomic E-state index is 0.138. The van der Waals surface area contributed by atoms with E-state index in [2.05, 4.69) is 14.1 Å². The molecule has 1 aromatic rings. The molecule has 0 bridgehead atoms. The smallest absolute Gasteiger partial charge is 0.272 e. The van der Waals surface area contributed by atoms with Gasteiger partial charge in [0.2, 0.25) is 0 Å². The molecule has 2 rings (SSSR count). The molecule has 16 heavy (non-hydrogen) atoms. The number of carbonyl (C=O) groups is 1. The summed E-state index contributed by atoms with van der Waals surface area (Å²) in [6.07, 6.45) is 5.33. The third-order valence-corrected chi connectivity index (χ3v) is 3.51. The first-order chi connectivity index (χ1) is 7.79. The van der Waals surface area contributed by atoms with E-state index in [4.69, 9.17) is 5.11 Å². The lowest BCUT2D eigenvalue weighted by Gasteiger charge is -2.27. The van der Waals surface area contributed by atoms with Gasteiger partial charge in [0.05, 0.1) is 17.9 Å². The topological polar surface area (TPSA) is 75.1 Å². The molecule has 0 unspecified atom stereocenters. The van der Waals surface area contributed by atoms with Gasteiger partial charge in [-0.1, -0.05) is 0 Å². The number of nitrogens with zero attached hydrogens (tertiary/aromatic N) is 2. The molecule has 0 spiro atoms. The van der Waals surface area contributed by atoms with Gasteiger partial charge < -0.3 is 10.4 Å². The van der Waals surface area contributed by atoms with E-state index < -0.39 is 0 Å². The van der Waals surface area contributed by atoms with Crippen LogP contribution in [0.4, 0.5) is 0 Å². The number of rotatable bonds is 3. The highest BCUT2D eigenvalue weighted by Crippen LogP contribution is 2.23. The summed E-state index contributed by atoms with van der Waals surface area (Å²) in [5.41, 5.74) is 0.397. The Morgan fingerprint density at radius 3 is 2.81 bits per heavy atom. The Morgan fingerprint density at radius 2 is 2.25 bits per heavy atom. The molecule has 0 atom stereocenters. The summed E-state index contributed by atoms with van der Waals surface area (Å²) in [4.78, 5) is 11.7. The molecular weight excluding hydrogens is 226 g/mol. The van der Waals surface area contributed by atoms with E-state index in [9.17, 15) is 4.79 Å². The van der Waals surface area contributed by atoms with Crippen molar-refractivity contribution in [1.29, 1.82) is 0 Å². The average Bonchev–Trinajstić information content (AvgIpc) is 2.83. The Hall–Kier alpha value is -1.01. The number of aromatic nitrogens is 2. The predicted octanol–water partition coefficient (Wildman–Crippen LogP) is 0.819. The summed E-state index contributed by atoms with van der Waals surface area (Å²) in [5, 5.41) is 12.0. The molecule has 1 heterocycles. The van der Waals surface area contributed by atoms with Gasteiger partial charge in [-0.05, 0) is 31.6 Å². The maximum atomic E-state index is 11.7. The van der Waals surface area contributed by atoms with Crippen molar-refractivity contribution in [2.45, 2.75) is 31.7 Å². The van der Waals surface area contributed by atoms with Crippen LogP contribution in [0.2, 0.25) is 0 Å². The van der Waals surface area contributed by atoms with Crippen LogP contribution in [0.25, 0.3) is 0 Å². The number of hydrogen-bond acceptors (Lipinski definition) is 5. The Kier molecular flexibility index (Phi) is 3.84. The number of hydrogen-bond donors (Lipinski definition) is 2. The Balaban J connectivity index is 1.81. The highest BCUT2D eigenvalue weighted by molar-refractivity contribution is 6.99. The highest BCUT2D eigenvalue weighted by Gasteiger charge is 2.22. The van der Waals surface area contributed by atoms with Gasteiger partial charge in [0.1, 0.15) is 0 Å². The molecule has 5 nitrogen and oxygen atoms in total. The maximum Gasteiger partial charge on any atom is 0.272 e. The maximum absolute atomic E-state index is 11.7.